The van der Waals surface area contributed by atoms with Gasteiger partial charge in [0.1, 0.15) is 11.8 Å². The van der Waals surface area contributed by atoms with Crippen molar-refractivity contribution in [3.05, 3.63) is 46.6 Å². The number of fused-ring (bicyclic) bond motifs is 2. The van der Waals surface area contributed by atoms with Crippen LogP contribution in [-0.2, 0) is 22.4 Å². The van der Waals surface area contributed by atoms with Crippen LogP contribution in [0.4, 0.5) is 5.13 Å². The van der Waals surface area contributed by atoms with E-state index in [-0.39, 0.29) is 18.1 Å². The second-order valence-corrected chi connectivity index (χ2v) is 8.61. The van der Waals surface area contributed by atoms with Gasteiger partial charge in [-0.15, -0.1) is 0 Å². The number of aromatic nitrogens is 2. The molecule has 0 spiro atoms. The normalized spacial score (nSPS) is 21.9. The monoisotopic (exact) mass is 412 g/mol. The predicted molar refractivity (Wildman–Crippen MR) is 113 cm³/mol. The zero-order chi connectivity index (χ0) is 19.8. The topological polar surface area (TPSA) is 79.5 Å². The van der Waals surface area contributed by atoms with Crippen LogP contribution in [0.1, 0.15) is 27.5 Å². The van der Waals surface area contributed by atoms with Crippen LogP contribution in [0.25, 0.3) is 10.9 Å². The highest BCUT2D eigenvalue weighted by atomic mass is 32.1. The molecule has 2 aliphatic rings. The molecule has 7 nitrogen and oxygen atoms in total. The number of para-hydroxylation sites is 1. The van der Waals surface area contributed by atoms with Crippen molar-refractivity contribution in [2.75, 3.05) is 32.2 Å². The number of thiazole rings is 1. The van der Waals surface area contributed by atoms with Crippen LogP contribution < -0.4 is 5.32 Å². The number of H-pyrrole nitrogens is 1. The zero-order valence-electron chi connectivity index (χ0n) is 16.3. The van der Waals surface area contributed by atoms with Crippen LogP contribution in [-0.4, -0.2) is 59.8 Å². The van der Waals surface area contributed by atoms with E-state index in [4.69, 9.17) is 14.5 Å². The molecule has 0 aliphatic carbocycles. The SMILES string of the molecule is COC1COCCC1Nc1nc2c(s1)CN(C(=O)c1cc3ccccc3[nH]1)CC2. The van der Waals surface area contributed by atoms with E-state index in [0.717, 1.165) is 46.1 Å². The van der Waals surface area contributed by atoms with Crippen LogP contribution in [0.2, 0.25) is 0 Å². The summed E-state index contributed by atoms with van der Waals surface area (Å²) in [5, 5.41) is 5.49. The number of rotatable bonds is 4. The molecule has 5 rings (SSSR count). The van der Waals surface area contributed by atoms with E-state index in [1.165, 1.54) is 0 Å². The van der Waals surface area contributed by atoms with Crippen molar-refractivity contribution < 1.29 is 14.3 Å². The number of anilines is 1. The quantitative estimate of drug-likeness (QED) is 0.689. The Morgan fingerprint density at radius 2 is 2.31 bits per heavy atom. The van der Waals surface area contributed by atoms with E-state index in [0.29, 0.717) is 25.4 Å². The average Bonchev–Trinajstić information content (AvgIpc) is 3.36. The summed E-state index contributed by atoms with van der Waals surface area (Å²) in [7, 11) is 1.72. The fourth-order valence-electron chi connectivity index (χ4n) is 4.06. The van der Waals surface area contributed by atoms with Gasteiger partial charge in [-0.25, -0.2) is 4.98 Å². The van der Waals surface area contributed by atoms with E-state index < -0.39 is 0 Å². The number of benzene rings is 1. The van der Waals surface area contributed by atoms with E-state index in [1.807, 2.05) is 35.2 Å². The maximum atomic E-state index is 13.0. The number of carbonyl (C=O) groups excluding carboxylic acids is 1. The second-order valence-electron chi connectivity index (χ2n) is 7.52. The van der Waals surface area contributed by atoms with Gasteiger partial charge in [-0.2, -0.15) is 0 Å². The molecule has 1 aromatic carbocycles. The number of nitrogens with one attached hydrogen (secondary N) is 2. The largest absolute Gasteiger partial charge is 0.379 e. The summed E-state index contributed by atoms with van der Waals surface area (Å²) in [6.45, 7) is 2.62. The Balaban J connectivity index is 1.30. The first-order valence-corrected chi connectivity index (χ1v) is 10.8. The Hall–Kier alpha value is -2.42. The van der Waals surface area contributed by atoms with E-state index in [1.54, 1.807) is 18.4 Å². The van der Waals surface area contributed by atoms with Crippen LogP contribution >= 0.6 is 11.3 Å². The summed E-state index contributed by atoms with van der Waals surface area (Å²) in [6, 6.07) is 10.1. The molecule has 3 aromatic rings. The molecule has 1 fully saturated rings. The Bertz CT molecular complexity index is 997. The molecule has 2 atom stereocenters. The fourth-order valence-corrected chi connectivity index (χ4v) is 5.14. The van der Waals surface area contributed by atoms with Gasteiger partial charge in [-0.05, 0) is 18.6 Å². The third kappa shape index (κ3) is 3.63. The highest BCUT2D eigenvalue weighted by molar-refractivity contribution is 7.15. The lowest BCUT2D eigenvalue weighted by molar-refractivity contribution is -0.0366. The van der Waals surface area contributed by atoms with Crippen molar-refractivity contribution in [2.24, 2.45) is 0 Å². The van der Waals surface area contributed by atoms with Crippen molar-refractivity contribution in [3.8, 4) is 0 Å². The summed E-state index contributed by atoms with van der Waals surface area (Å²) < 4.78 is 11.0. The Morgan fingerprint density at radius 1 is 1.41 bits per heavy atom. The Kier molecular flexibility index (Phi) is 4.99. The van der Waals surface area contributed by atoms with Crippen LogP contribution in [0.15, 0.2) is 30.3 Å². The van der Waals surface area contributed by atoms with Crippen molar-refractivity contribution >= 4 is 33.3 Å². The lowest BCUT2D eigenvalue weighted by atomic mass is 10.1. The summed E-state index contributed by atoms with van der Waals surface area (Å²) in [5.41, 5.74) is 2.73. The molecule has 29 heavy (non-hydrogen) atoms. The number of nitrogens with zero attached hydrogens (tertiary/aromatic N) is 2. The molecular weight excluding hydrogens is 388 g/mol. The number of ether oxygens (including phenoxy) is 2. The summed E-state index contributed by atoms with van der Waals surface area (Å²) >= 11 is 1.64. The lowest BCUT2D eigenvalue weighted by Crippen LogP contribution is -2.43. The first kappa shape index (κ1) is 18.6. The predicted octanol–water partition coefficient (Wildman–Crippen LogP) is 3.04. The van der Waals surface area contributed by atoms with E-state index in [9.17, 15) is 4.79 Å². The van der Waals surface area contributed by atoms with Crippen molar-refractivity contribution in [3.63, 3.8) is 0 Å². The maximum absolute atomic E-state index is 13.0. The second kappa shape index (κ2) is 7.78. The van der Waals surface area contributed by atoms with Gasteiger partial charge in [0.05, 0.1) is 24.9 Å². The number of hydrogen-bond acceptors (Lipinski definition) is 6. The minimum Gasteiger partial charge on any atom is -0.379 e. The first-order valence-electron chi connectivity index (χ1n) is 9.94. The minimum atomic E-state index is 0.0322. The number of amides is 1. The van der Waals surface area contributed by atoms with Gasteiger partial charge in [0.2, 0.25) is 0 Å². The molecular formula is C21H24N4O3S. The first-order chi connectivity index (χ1) is 14.2. The number of methoxy groups -OCH3 is 1. The molecule has 2 aromatic heterocycles. The smallest absolute Gasteiger partial charge is 0.270 e. The Morgan fingerprint density at radius 3 is 3.17 bits per heavy atom. The Labute approximate surface area is 173 Å². The molecule has 1 saturated heterocycles. The number of carbonyl (C=O) groups is 1. The van der Waals surface area contributed by atoms with Crippen molar-refractivity contribution in [1.82, 2.24) is 14.9 Å². The van der Waals surface area contributed by atoms with Crippen molar-refractivity contribution in [1.29, 1.82) is 0 Å². The zero-order valence-corrected chi connectivity index (χ0v) is 17.1. The molecule has 4 heterocycles. The summed E-state index contributed by atoms with van der Waals surface area (Å²) in [6.07, 6.45) is 1.71. The number of hydrogen-bond donors (Lipinski definition) is 2. The molecule has 2 aliphatic heterocycles. The summed E-state index contributed by atoms with van der Waals surface area (Å²) in [5.74, 6) is 0.0404. The molecule has 152 valence electrons. The third-order valence-corrected chi connectivity index (χ3v) is 6.71. The highest BCUT2D eigenvalue weighted by Gasteiger charge is 2.29. The standard InChI is InChI=1S/C21H24N4O3S/c1-27-18-12-28-9-7-15(18)23-21-24-16-6-8-25(11-19(16)29-21)20(26)17-10-13-4-2-3-5-14(13)22-17/h2-5,10,15,18,22H,6-9,11-12H2,1H3,(H,23,24). The number of aromatic amines is 1. The van der Waals surface area contributed by atoms with Gasteiger partial charge in [-0.3, -0.25) is 4.79 Å². The molecule has 0 bridgehead atoms. The van der Waals surface area contributed by atoms with Gasteiger partial charge in [-0.1, -0.05) is 29.5 Å². The van der Waals surface area contributed by atoms with Crippen LogP contribution in [0.3, 0.4) is 0 Å². The average molecular weight is 413 g/mol. The molecule has 2 N–H and O–H groups in total. The van der Waals surface area contributed by atoms with Crippen LogP contribution in [0, 0.1) is 0 Å². The van der Waals surface area contributed by atoms with Gasteiger partial charge in [0, 0.05) is 42.5 Å². The molecule has 0 saturated carbocycles. The fraction of sp³-hybridized carbons (Fsp3) is 0.429. The minimum absolute atomic E-state index is 0.0322. The molecule has 0 radical (unpaired) electrons. The maximum Gasteiger partial charge on any atom is 0.270 e. The van der Waals surface area contributed by atoms with Gasteiger partial charge in [0.25, 0.3) is 5.91 Å². The molecule has 1 amide bonds. The van der Waals surface area contributed by atoms with Gasteiger partial charge in [0.15, 0.2) is 5.13 Å². The van der Waals surface area contributed by atoms with Crippen molar-refractivity contribution in [2.45, 2.75) is 31.5 Å². The van der Waals surface area contributed by atoms with Gasteiger partial charge < -0.3 is 24.7 Å². The molecule has 8 heteroatoms. The van der Waals surface area contributed by atoms with E-state index in [2.05, 4.69) is 10.3 Å². The third-order valence-electron chi connectivity index (χ3n) is 5.69. The molecule has 2 unspecified atom stereocenters. The van der Waals surface area contributed by atoms with Gasteiger partial charge >= 0.3 is 0 Å². The lowest BCUT2D eigenvalue weighted by Gasteiger charge is -2.30. The summed E-state index contributed by atoms with van der Waals surface area (Å²) in [4.78, 5) is 24.1. The highest BCUT2D eigenvalue weighted by Crippen LogP contribution is 2.30. The van der Waals surface area contributed by atoms with Crippen LogP contribution in [0.5, 0.6) is 0 Å². The van der Waals surface area contributed by atoms with E-state index >= 15 is 0 Å².